The third-order valence-electron chi connectivity index (χ3n) is 5.61. The van der Waals surface area contributed by atoms with Gasteiger partial charge in [-0.05, 0) is 56.5 Å². The lowest BCUT2D eigenvalue weighted by Gasteiger charge is -2.27. The van der Waals surface area contributed by atoms with Crippen molar-refractivity contribution in [2.75, 3.05) is 11.9 Å². The molecular weight excluding hydrogens is 392 g/mol. The topological polar surface area (TPSA) is 59.8 Å². The lowest BCUT2D eigenvalue weighted by molar-refractivity contribution is 0.0993. The lowest BCUT2D eigenvalue weighted by Crippen LogP contribution is -2.26. The summed E-state index contributed by atoms with van der Waals surface area (Å²) in [5.74, 6) is 1.21. The molecule has 3 aromatic rings. The van der Waals surface area contributed by atoms with E-state index in [1.165, 1.54) is 11.1 Å². The van der Waals surface area contributed by atoms with Gasteiger partial charge >= 0.3 is 0 Å². The van der Waals surface area contributed by atoms with E-state index in [-0.39, 0.29) is 15.8 Å². The molecule has 0 fully saturated rings. The number of pyridine rings is 1. The molecule has 4 rings (SSSR count). The molecule has 156 valence electrons. The Morgan fingerprint density at radius 1 is 1.30 bits per heavy atom. The highest BCUT2D eigenvalue weighted by Gasteiger charge is 2.35. The molecule has 30 heavy (non-hydrogen) atoms. The Kier molecular flexibility index (Phi) is 5.45. The van der Waals surface area contributed by atoms with Crippen molar-refractivity contribution in [1.29, 1.82) is 0 Å². The average molecular weight is 421 g/mol. The Morgan fingerprint density at radius 3 is 2.80 bits per heavy atom. The van der Waals surface area contributed by atoms with Crippen LogP contribution in [0.5, 0.6) is 0 Å². The molecule has 0 saturated heterocycles. The summed E-state index contributed by atoms with van der Waals surface area (Å²) in [4.78, 5) is 16.9. The number of carbonyl (C=O) groups is 1. The fourth-order valence-electron chi connectivity index (χ4n) is 4.07. The molecule has 6 heteroatoms. The van der Waals surface area contributed by atoms with Gasteiger partial charge in [0.1, 0.15) is 5.82 Å². The Hall–Kier alpha value is -2.60. The van der Waals surface area contributed by atoms with Crippen LogP contribution in [0.25, 0.3) is 0 Å². The molecule has 1 atom stereocenters. The summed E-state index contributed by atoms with van der Waals surface area (Å²) in [7, 11) is 1.99. The number of aromatic nitrogens is 3. The minimum Gasteiger partial charge on any atom is -0.369 e. The summed E-state index contributed by atoms with van der Waals surface area (Å²) in [6.07, 6.45) is 3.85. The summed E-state index contributed by atoms with van der Waals surface area (Å²) in [5.41, 5.74) is 6.35. The predicted octanol–water partition coefficient (Wildman–Crippen LogP) is 4.88. The number of aryl methyl sites for hydroxylation is 3. The maximum atomic E-state index is 12.8. The SMILES string of the molecule is Cc1cc(C(=O)Cc2cccnc2)ccc1C1SC(C)(C)CNc2c1c(C)nn2C. The monoisotopic (exact) mass is 420 g/mol. The number of thioether (sulfide) groups is 1. The quantitative estimate of drug-likeness (QED) is 0.609. The largest absolute Gasteiger partial charge is 0.369 e. The van der Waals surface area contributed by atoms with Crippen LogP contribution in [0.3, 0.4) is 0 Å². The number of ketones is 1. The number of rotatable bonds is 4. The molecule has 1 unspecified atom stereocenters. The summed E-state index contributed by atoms with van der Waals surface area (Å²) in [5, 5.41) is 8.43. The molecule has 1 aromatic carbocycles. The average Bonchev–Trinajstić information content (AvgIpc) is 2.89. The maximum absolute atomic E-state index is 12.8. The molecule has 1 aliphatic heterocycles. The number of Topliss-reactive ketones (excluding diaryl/α,β-unsaturated/α-hetero) is 1. The molecule has 0 bridgehead atoms. The first kappa shape index (κ1) is 20.7. The van der Waals surface area contributed by atoms with Crippen LogP contribution in [0.1, 0.15) is 57.4 Å². The van der Waals surface area contributed by atoms with Gasteiger partial charge in [-0.1, -0.05) is 18.2 Å². The molecule has 0 saturated carbocycles. The minimum atomic E-state index is 0.0668. The summed E-state index contributed by atoms with van der Waals surface area (Å²) in [6.45, 7) is 9.60. The molecule has 1 aliphatic rings. The number of nitrogens with one attached hydrogen (secondary N) is 1. The van der Waals surface area contributed by atoms with Crippen molar-refractivity contribution in [3.8, 4) is 0 Å². The first-order valence-electron chi connectivity index (χ1n) is 10.2. The smallest absolute Gasteiger partial charge is 0.167 e. The van der Waals surface area contributed by atoms with Crippen LogP contribution in [0.4, 0.5) is 5.82 Å². The van der Waals surface area contributed by atoms with E-state index in [4.69, 9.17) is 0 Å². The van der Waals surface area contributed by atoms with Crippen LogP contribution in [-0.4, -0.2) is 31.8 Å². The van der Waals surface area contributed by atoms with Crippen molar-refractivity contribution in [3.05, 3.63) is 76.2 Å². The van der Waals surface area contributed by atoms with Crippen molar-refractivity contribution in [3.63, 3.8) is 0 Å². The first-order valence-corrected chi connectivity index (χ1v) is 11.1. The van der Waals surface area contributed by atoms with Crippen molar-refractivity contribution in [2.24, 2.45) is 7.05 Å². The zero-order valence-electron chi connectivity index (χ0n) is 18.2. The molecule has 1 N–H and O–H groups in total. The standard InChI is InChI=1S/C24H28N4OS/c1-15-11-18(20(29)12-17-7-6-10-25-13-17)8-9-19(15)22-21-16(2)27-28(5)23(21)26-14-24(3,4)30-22/h6-11,13,22,26H,12,14H2,1-5H3. The fourth-order valence-corrected chi connectivity index (χ4v) is 5.65. The maximum Gasteiger partial charge on any atom is 0.167 e. The third-order valence-corrected chi connectivity index (χ3v) is 7.12. The predicted molar refractivity (Wildman–Crippen MR) is 123 cm³/mol. The molecule has 2 aromatic heterocycles. The van der Waals surface area contributed by atoms with Crippen molar-refractivity contribution < 1.29 is 4.79 Å². The van der Waals surface area contributed by atoms with Gasteiger partial charge in [0.2, 0.25) is 0 Å². The van der Waals surface area contributed by atoms with Gasteiger partial charge in [-0.25, -0.2) is 0 Å². The number of hydrogen-bond donors (Lipinski definition) is 1. The second kappa shape index (κ2) is 7.91. The van der Waals surface area contributed by atoms with Crippen molar-refractivity contribution in [1.82, 2.24) is 14.8 Å². The second-order valence-corrected chi connectivity index (χ2v) is 10.4. The zero-order valence-corrected chi connectivity index (χ0v) is 19.0. The van der Waals surface area contributed by atoms with Gasteiger partial charge < -0.3 is 5.32 Å². The molecule has 3 heterocycles. The van der Waals surface area contributed by atoms with Gasteiger partial charge in [-0.2, -0.15) is 5.10 Å². The van der Waals surface area contributed by atoms with Gasteiger partial charge in [0, 0.05) is 48.3 Å². The number of anilines is 1. The van der Waals surface area contributed by atoms with Crippen molar-refractivity contribution >= 4 is 23.4 Å². The first-order chi connectivity index (χ1) is 14.2. The highest BCUT2D eigenvalue weighted by atomic mass is 32.2. The number of hydrogen-bond acceptors (Lipinski definition) is 5. The molecule has 5 nitrogen and oxygen atoms in total. The van der Waals surface area contributed by atoms with Crippen LogP contribution in [-0.2, 0) is 13.5 Å². The normalized spacial score (nSPS) is 17.7. The Balaban J connectivity index is 1.69. The van der Waals surface area contributed by atoms with Gasteiger partial charge in [0.25, 0.3) is 0 Å². The molecular formula is C24H28N4OS. The minimum absolute atomic E-state index is 0.0668. The highest BCUT2D eigenvalue weighted by molar-refractivity contribution is 8.01. The lowest BCUT2D eigenvalue weighted by atomic mass is 9.95. The van der Waals surface area contributed by atoms with E-state index >= 15 is 0 Å². The zero-order chi connectivity index (χ0) is 21.5. The van der Waals surface area contributed by atoms with Gasteiger partial charge in [-0.3, -0.25) is 14.5 Å². The van der Waals surface area contributed by atoms with Crippen molar-refractivity contribution in [2.45, 2.75) is 44.1 Å². The second-order valence-electron chi connectivity index (χ2n) is 8.62. The van der Waals surface area contributed by atoms with E-state index in [2.05, 4.69) is 49.2 Å². The van der Waals surface area contributed by atoms with Crippen LogP contribution >= 0.6 is 11.8 Å². The third kappa shape index (κ3) is 4.01. The molecule has 0 amide bonds. The number of fused-ring (bicyclic) bond motifs is 1. The van der Waals surface area contributed by atoms with E-state index in [0.717, 1.165) is 34.7 Å². The van der Waals surface area contributed by atoms with Crippen LogP contribution in [0, 0.1) is 13.8 Å². The Bertz CT molecular complexity index is 1090. The van der Waals surface area contributed by atoms with E-state index in [0.29, 0.717) is 6.42 Å². The van der Waals surface area contributed by atoms with E-state index < -0.39 is 0 Å². The van der Waals surface area contributed by atoms with Crippen LogP contribution in [0.15, 0.2) is 42.7 Å². The van der Waals surface area contributed by atoms with Gasteiger partial charge in [0.05, 0.1) is 10.9 Å². The Morgan fingerprint density at radius 2 is 2.10 bits per heavy atom. The van der Waals surface area contributed by atoms with Gasteiger partial charge in [0.15, 0.2) is 5.78 Å². The fraction of sp³-hybridized carbons (Fsp3) is 0.375. The van der Waals surface area contributed by atoms with E-state index in [1.54, 1.807) is 12.4 Å². The van der Waals surface area contributed by atoms with E-state index in [1.807, 2.05) is 47.8 Å². The number of carbonyl (C=O) groups excluding carboxylic acids is 1. The summed E-state index contributed by atoms with van der Waals surface area (Å²) < 4.78 is 2.01. The molecule has 0 spiro atoms. The van der Waals surface area contributed by atoms with Crippen LogP contribution in [0.2, 0.25) is 0 Å². The molecule has 0 radical (unpaired) electrons. The van der Waals surface area contributed by atoms with Crippen LogP contribution < -0.4 is 5.32 Å². The number of benzene rings is 1. The van der Waals surface area contributed by atoms with Gasteiger partial charge in [-0.15, -0.1) is 11.8 Å². The summed E-state index contributed by atoms with van der Waals surface area (Å²) in [6, 6.07) is 9.94. The summed E-state index contributed by atoms with van der Waals surface area (Å²) >= 11 is 1.95. The Labute approximate surface area is 182 Å². The number of nitrogens with zero attached hydrogens (tertiary/aromatic N) is 3. The molecule has 0 aliphatic carbocycles. The highest BCUT2D eigenvalue weighted by Crippen LogP contribution is 2.49. The van der Waals surface area contributed by atoms with E-state index in [9.17, 15) is 4.79 Å².